The van der Waals surface area contributed by atoms with Crippen molar-refractivity contribution in [1.29, 1.82) is 0 Å². The Morgan fingerprint density at radius 2 is 0.724 bits per heavy atom. The predicted octanol–water partition coefficient (Wildman–Crippen LogP) is 15.6. The summed E-state index contributed by atoms with van der Waals surface area (Å²) in [7, 11) is 0. The smallest absolute Gasteiger partial charge is 0.306 e. The third-order valence-electron chi connectivity index (χ3n) is 12.4. The molecule has 346 valence electrons. The average molecular weight is 822 g/mol. The van der Waals surface area contributed by atoms with E-state index in [0.717, 1.165) is 38.5 Å². The molecule has 0 fully saturated rings. The number of rotatable bonds is 48. The fraction of sp³-hybridized carbons (Fsp3) is 0.962. The molecule has 0 heterocycles. The summed E-state index contributed by atoms with van der Waals surface area (Å²) in [6.45, 7) is 6.48. The zero-order valence-electron chi connectivity index (χ0n) is 39.5. The number of amides is 1. The Hall–Kier alpha value is -1.14. The van der Waals surface area contributed by atoms with E-state index >= 15 is 0 Å². The van der Waals surface area contributed by atoms with Crippen LogP contribution in [0.5, 0.6) is 0 Å². The van der Waals surface area contributed by atoms with Crippen LogP contribution in [0.4, 0.5) is 0 Å². The first-order chi connectivity index (χ1) is 28.5. The van der Waals surface area contributed by atoms with E-state index in [1.54, 1.807) is 0 Å². The monoisotopic (exact) mass is 822 g/mol. The molecule has 3 N–H and O–H groups in total. The first-order valence-electron chi connectivity index (χ1n) is 26.3. The lowest BCUT2D eigenvalue weighted by Gasteiger charge is -2.24. The topological polar surface area (TPSA) is 95.9 Å². The van der Waals surface area contributed by atoms with Crippen LogP contribution in [0.3, 0.4) is 0 Å². The Morgan fingerprint density at radius 1 is 0.431 bits per heavy atom. The molecule has 1 amide bonds. The highest BCUT2D eigenvalue weighted by molar-refractivity contribution is 5.77. The molecule has 0 radical (unpaired) electrons. The normalized spacial score (nSPS) is 13.1. The maximum absolute atomic E-state index is 13.1. The number of carbonyl (C=O) groups excluding carboxylic acids is 2. The molecular formula is C52H103NO5. The molecule has 0 saturated carbocycles. The Bertz CT molecular complexity index is 837. The molecule has 0 spiro atoms. The second-order valence-electron chi connectivity index (χ2n) is 18.3. The largest absolute Gasteiger partial charge is 0.462 e. The van der Waals surface area contributed by atoms with Gasteiger partial charge in [-0.05, 0) is 25.7 Å². The lowest BCUT2D eigenvalue weighted by molar-refractivity contribution is -0.151. The van der Waals surface area contributed by atoms with Gasteiger partial charge >= 0.3 is 5.97 Å². The van der Waals surface area contributed by atoms with Crippen LogP contribution < -0.4 is 5.32 Å². The molecule has 0 aliphatic heterocycles. The minimum absolute atomic E-state index is 0.0860. The van der Waals surface area contributed by atoms with Crippen LogP contribution >= 0.6 is 0 Å². The van der Waals surface area contributed by atoms with Gasteiger partial charge in [0, 0.05) is 6.42 Å². The molecule has 0 aliphatic rings. The van der Waals surface area contributed by atoms with Gasteiger partial charge in [0.05, 0.1) is 25.2 Å². The summed E-state index contributed by atoms with van der Waals surface area (Å²) in [6, 6.07) is -0.690. The number of hydrogen-bond acceptors (Lipinski definition) is 5. The lowest BCUT2D eigenvalue weighted by Crippen LogP contribution is -2.46. The van der Waals surface area contributed by atoms with Gasteiger partial charge in [0.15, 0.2) is 0 Å². The summed E-state index contributed by atoms with van der Waals surface area (Å²) >= 11 is 0. The first-order valence-corrected chi connectivity index (χ1v) is 26.3. The van der Waals surface area contributed by atoms with Crippen molar-refractivity contribution < 1.29 is 24.5 Å². The summed E-state index contributed by atoms with van der Waals surface area (Å²) in [5.74, 6) is -0.457. The van der Waals surface area contributed by atoms with E-state index < -0.39 is 18.2 Å². The molecule has 0 rings (SSSR count). The molecule has 0 aromatic heterocycles. The fourth-order valence-corrected chi connectivity index (χ4v) is 8.43. The van der Waals surface area contributed by atoms with Crippen molar-refractivity contribution in [2.24, 2.45) is 0 Å². The van der Waals surface area contributed by atoms with Crippen molar-refractivity contribution in [3.8, 4) is 0 Å². The number of nitrogens with one attached hydrogen (secondary N) is 1. The van der Waals surface area contributed by atoms with Gasteiger partial charge in [-0.25, -0.2) is 0 Å². The number of ether oxygens (including phenoxy) is 1. The summed E-state index contributed by atoms with van der Waals surface area (Å²) in [6.07, 6.45) is 50.4. The SMILES string of the molecule is CCCCCCCCCCCCCCCCCCCCCC(=O)OC(CCCCCCCCC)CC(=O)NC(CO)C(O)CCCCCCCCCCCCCCC. The number of aliphatic hydroxyl groups excluding tert-OH is 2. The van der Waals surface area contributed by atoms with Crippen LogP contribution in [0.1, 0.15) is 297 Å². The number of aliphatic hydroxyl groups is 2. The minimum Gasteiger partial charge on any atom is -0.462 e. The maximum Gasteiger partial charge on any atom is 0.306 e. The Kier molecular flexibility index (Phi) is 46.0. The van der Waals surface area contributed by atoms with E-state index in [0.29, 0.717) is 19.3 Å². The van der Waals surface area contributed by atoms with Crippen LogP contribution in [0.2, 0.25) is 0 Å². The third kappa shape index (κ3) is 41.6. The number of carbonyl (C=O) groups is 2. The van der Waals surface area contributed by atoms with Crippen LogP contribution in [-0.2, 0) is 14.3 Å². The molecule has 6 nitrogen and oxygen atoms in total. The molecule has 0 bridgehead atoms. The van der Waals surface area contributed by atoms with Crippen LogP contribution in [0.25, 0.3) is 0 Å². The van der Waals surface area contributed by atoms with E-state index in [-0.39, 0.29) is 24.9 Å². The molecule has 58 heavy (non-hydrogen) atoms. The number of hydrogen-bond donors (Lipinski definition) is 3. The summed E-state index contributed by atoms with van der Waals surface area (Å²) in [5.41, 5.74) is 0. The van der Waals surface area contributed by atoms with Gasteiger partial charge in [-0.2, -0.15) is 0 Å². The van der Waals surface area contributed by atoms with Crippen molar-refractivity contribution in [1.82, 2.24) is 5.32 Å². The highest BCUT2D eigenvalue weighted by Gasteiger charge is 2.24. The van der Waals surface area contributed by atoms with Crippen LogP contribution in [0, 0.1) is 0 Å². The van der Waals surface area contributed by atoms with E-state index in [1.807, 2.05) is 0 Å². The summed E-state index contributed by atoms with van der Waals surface area (Å²) in [4.78, 5) is 26.0. The van der Waals surface area contributed by atoms with Crippen molar-refractivity contribution >= 4 is 11.9 Å². The molecule has 0 aromatic carbocycles. The van der Waals surface area contributed by atoms with Crippen molar-refractivity contribution in [3.05, 3.63) is 0 Å². The third-order valence-corrected chi connectivity index (χ3v) is 12.4. The van der Waals surface area contributed by atoms with Gasteiger partial charge < -0.3 is 20.3 Å². The highest BCUT2D eigenvalue weighted by atomic mass is 16.5. The Balaban J connectivity index is 4.26. The van der Waals surface area contributed by atoms with E-state index in [2.05, 4.69) is 26.1 Å². The summed E-state index contributed by atoms with van der Waals surface area (Å²) < 4.78 is 5.91. The second-order valence-corrected chi connectivity index (χ2v) is 18.3. The van der Waals surface area contributed by atoms with Gasteiger partial charge in [-0.1, -0.05) is 258 Å². The molecule has 3 unspecified atom stereocenters. The molecule has 0 saturated heterocycles. The van der Waals surface area contributed by atoms with Crippen LogP contribution in [0.15, 0.2) is 0 Å². The van der Waals surface area contributed by atoms with Crippen LogP contribution in [-0.4, -0.2) is 46.9 Å². The number of unbranched alkanes of at least 4 members (excludes halogenated alkanes) is 36. The van der Waals surface area contributed by atoms with Gasteiger partial charge in [-0.3, -0.25) is 9.59 Å². The maximum atomic E-state index is 13.1. The lowest BCUT2D eigenvalue weighted by atomic mass is 10.0. The van der Waals surface area contributed by atoms with Crippen molar-refractivity contribution in [3.63, 3.8) is 0 Å². The van der Waals surface area contributed by atoms with Gasteiger partial charge in [0.25, 0.3) is 0 Å². The zero-order chi connectivity index (χ0) is 42.4. The van der Waals surface area contributed by atoms with E-state index in [9.17, 15) is 19.8 Å². The van der Waals surface area contributed by atoms with Gasteiger partial charge in [0.2, 0.25) is 5.91 Å². The fourth-order valence-electron chi connectivity index (χ4n) is 8.43. The average Bonchev–Trinajstić information content (AvgIpc) is 3.21. The van der Waals surface area contributed by atoms with Gasteiger partial charge in [0.1, 0.15) is 6.10 Å². The van der Waals surface area contributed by atoms with Crippen molar-refractivity contribution in [2.75, 3.05) is 6.61 Å². The van der Waals surface area contributed by atoms with E-state index in [1.165, 1.54) is 212 Å². The zero-order valence-corrected chi connectivity index (χ0v) is 39.5. The molecule has 0 aliphatic carbocycles. The van der Waals surface area contributed by atoms with Crippen molar-refractivity contribution in [2.45, 2.75) is 315 Å². The highest BCUT2D eigenvalue weighted by Crippen LogP contribution is 2.19. The standard InChI is InChI=1S/C52H103NO5/c1-4-7-10-13-16-18-20-22-23-24-25-26-27-29-31-33-36-39-42-45-52(57)58-48(43-40-37-34-15-12-9-6-3)46-51(56)53-49(47-54)50(55)44-41-38-35-32-30-28-21-19-17-14-11-8-5-2/h48-50,54-55H,4-47H2,1-3H3,(H,53,56). The number of esters is 1. The van der Waals surface area contributed by atoms with Gasteiger partial charge in [-0.15, -0.1) is 0 Å². The quantitative estimate of drug-likeness (QED) is 0.0420. The first kappa shape index (κ1) is 56.9. The predicted molar refractivity (Wildman–Crippen MR) is 250 cm³/mol. The minimum atomic E-state index is -0.778. The molecule has 6 heteroatoms. The van der Waals surface area contributed by atoms with E-state index in [4.69, 9.17) is 4.74 Å². The Labute approximate surface area is 362 Å². The molecule has 0 aromatic rings. The summed E-state index contributed by atoms with van der Waals surface area (Å²) in [5, 5.41) is 23.7. The second kappa shape index (κ2) is 46.9. The molecule has 3 atom stereocenters. The Morgan fingerprint density at radius 3 is 1.05 bits per heavy atom. The molecular weight excluding hydrogens is 719 g/mol.